The molecule has 0 saturated carbocycles. The van der Waals surface area contributed by atoms with Crippen molar-refractivity contribution >= 4 is 11.3 Å². The van der Waals surface area contributed by atoms with Crippen LogP contribution in [0.4, 0.5) is 14.5 Å². The maximum absolute atomic E-state index is 12.8. The molecule has 15 heavy (non-hydrogen) atoms. The smallest absolute Gasteiger partial charge is 0.280 e. The SMILES string of the molecule is C=C(CN)c1cc(F)c(F)cc1[N+](=O)[O-]. The standard InChI is InChI=1S/C9H8F2N2O2/c1-5(4-12)6-2-7(10)8(11)3-9(6)13(14)15/h2-3H,1,4,12H2. The fraction of sp³-hybridized carbons (Fsp3) is 0.111. The van der Waals surface area contributed by atoms with Crippen molar-refractivity contribution in [1.29, 1.82) is 0 Å². The molecular formula is C9H8F2N2O2. The van der Waals surface area contributed by atoms with Crippen LogP contribution in [0.1, 0.15) is 5.56 Å². The Morgan fingerprint density at radius 3 is 2.47 bits per heavy atom. The normalized spacial score (nSPS) is 10.1. The summed E-state index contributed by atoms with van der Waals surface area (Å²) in [5.74, 6) is -2.43. The largest absolute Gasteiger partial charge is 0.326 e. The van der Waals surface area contributed by atoms with Crippen LogP contribution in [-0.2, 0) is 0 Å². The van der Waals surface area contributed by atoms with E-state index >= 15 is 0 Å². The van der Waals surface area contributed by atoms with Crippen LogP contribution in [0.15, 0.2) is 18.7 Å². The zero-order valence-electron chi connectivity index (χ0n) is 7.67. The zero-order valence-corrected chi connectivity index (χ0v) is 7.67. The Bertz CT molecular complexity index is 432. The molecule has 0 aliphatic carbocycles. The Labute approximate surface area is 84.2 Å². The van der Waals surface area contributed by atoms with Crippen LogP contribution in [0.3, 0.4) is 0 Å². The molecule has 0 bridgehead atoms. The lowest BCUT2D eigenvalue weighted by Crippen LogP contribution is -2.05. The van der Waals surface area contributed by atoms with E-state index in [1.54, 1.807) is 0 Å². The second-order valence-electron chi connectivity index (χ2n) is 2.85. The molecule has 1 rings (SSSR count). The average Bonchev–Trinajstić information content (AvgIpc) is 2.20. The molecule has 0 aliphatic rings. The van der Waals surface area contributed by atoms with E-state index in [2.05, 4.69) is 6.58 Å². The predicted octanol–water partition coefficient (Wildman–Crippen LogP) is 1.84. The van der Waals surface area contributed by atoms with Crippen LogP contribution in [0, 0.1) is 21.7 Å². The van der Waals surface area contributed by atoms with Gasteiger partial charge in [-0.2, -0.15) is 0 Å². The van der Waals surface area contributed by atoms with Crippen molar-refractivity contribution in [1.82, 2.24) is 0 Å². The van der Waals surface area contributed by atoms with Gasteiger partial charge in [-0.15, -0.1) is 0 Å². The number of nitrogens with zero attached hydrogens (tertiary/aromatic N) is 1. The first-order valence-corrected chi connectivity index (χ1v) is 3.99. The molecule has 6 heteroatoms. The predicted molar refractivity (Wildman–Crippen MR) is 51.1 cm³/mol. The molecule has 4 nitrogen and oxygen atoms in total. The minimum Gasteiger partial charge on any atom is -0.326 e. The Hall–Kier alpha value is -1.82. The molecule has 0 aliphatic heterocycles. The highest BCUT2D eigenvalue weighted by Gasteiger charge is 2.19. The quantitative estimate of drug-likeness (QED) is 0.616. The lowest BCUT2D eigenvalue weighted by atomic mass is 10.1. The molecule has 0 saturated heterocycles. The maximum Gasteiger partial charge on any atom is 0.280 e. The monoisotopic (exact) mass is 214 g/mol. The molecule has 1 aromatic rings. The van der Waals surface area contributed by atoms with Crippen LogP contribution >= 0.6 is 0 Å². The summed E-state index contributed by atoms with van der Waals surface area (Å²) < 4.78 is 25.6. The van der Waals surface area contributed by atoms with Gasteiger partial charge in [0, 0.05) is 6.54 Å². The summed E-state index contributed by atoms with van der Waals surface area (Å²) in [5.41, 5.74) is 4.78. The average molecular weight is 214 g/mol. The maximum atomic E-state index is 12.8. The number of halogens is 2. The topological polar surface area (TPSA) is 69.2 Å². The van der Waals surface area contributed by atoms with Gasteiger partial charge in [-0.1, -0.05) is 6.58 Å². The fourth-order valence-electron chi connectivity index (χ4n) is 1.08. The molecule has 0 aromatic heterocycles. The van der Waals surface area contributed by atoms with Crippen molar-refractivity contribution in [3.05, 3.63) is 46.0 Å². The van der Waals surface area contributed by atoms with Crippen molar-refractivity contribution < 1.29 is 13.7 Å². The third-order valence-electron chi connectivity index (χ3n) is 1.86. The summed E-state index contributed by atoms with van der Waals surface area (Å²) in [7, 11) is 0. The van der Waals surface area contributed by atoms with E-state index in [0.29, 0.717) is 6.07 Å². The second kappa shape index (κ2) is 4.14. The third kappa shape index (κ3) is 2.16. The van der Waals surface area contributed by atoms with Gasteiger partial charge in [0.15, 0.2) is 11.6 Å². The van der Waals surface area contributed by atoms with Gasteiger partial charge in [0.1, 0.15) is 0 Å². The summed E-state index contributed by atoms with van der Waals surface area (Å²) in [4.78, 5) is 9.73. The molecule has 0 fully saturated rings. The number of nitrogens with two attached hydrogens (primary N) is 1. The van der Waals surface area contributed by atoms with E-state index in [4.69, 9.17) is 5.73 Å². The molecule has 2 N–H and O–H groups in total. The minimum absolute atomic E-state index is 0.0636. The molecule has 0 amide bonds. The van der Waals surface area contributed by atoms with Gasteiger partial charge in [-0.25, -0.2) is 8.78 Å². The molecular weight excluding hydrogens is 206 g/mol. The summed E-state index contributed by atoms with van der Waals surface area (Å²) in [5, 5.41) is 10.5. The molecule has 0 unspecified atom stereocenters. The van der Waals surface area contributed by atoms with Crippen molar-refractivity contribution in [3.8, 4) is 0 Å². The zero-order chi connectivity index (χ0) is 11.6. The first-order valence-electron chi connectivity index (χ1n) is 3.99. The summed E-state index contributed by atoms with van der Waals surface area (Å²) in [6, 6.07) is 1.24. The van der Waals surface area contributed by atoms with E-state index in [0.717, 1.165) is 6.07 Å². The van der Waals surface area contributed by atoms with Gasteiger partial charge in [0.25, 0.3) is 5.69 Å². The molecule has 0 atom stereocenters. The van der Waals surface area contributed by atoms with Gasteiger partial charge < -0.3 is 5.73 Å². The molecule has 1 aromatic carbocycles. The number of rotatable bonds is 3. The molecule has 0 radical (unpaired) electrons. The molecule has 0 spiro atoms. The first kappa shape index (κ1) is 11.3. The minimum atomic E-state index is -1.27. The van der Waals surface area contributed by atoms with Gasteiger partial charge >= 0.3 is 0 Å². The van der Waals surface area contributed by atoms with Crippen LogP contribution in [0.5, 0.6) is 0 Å². The lowest BCUT2D eigenvalue weighted by Gasteiger charge is -2.04. The highest BCUT2D eigenvalue weighted by atomic mass is 19.2. The van der Waals surface area contributed by atoms with Crippen LogP contribution in [-0.4, -0.2) is 11.5 Å². The van der Waals surface area contributed by atoms with E-state index in [-0.39, 0.29) is 17.7 Å². The number of nitro groups is 1. The highest BCUT2D eigenvalue weighted by molar-refractivity contribution is 5.72. The number of benzene rings is 1. The van der Waals surface area contributed by atoms with Gasteiger partial charge in [-0.3, -0.25) is 10.1 Å². The van der Waals surface area contributed by atoms with Gasteiger partial charge in [0.2, 0.25) is 0 Å². The van der Waals surface area contributed by atoms with Crippen LogP contribution < -0.4 is 5.73 Å². The second-order valence-corrected chi connectivity index (χ2v) is 2.85. The van der Waals surface area contributed by atoms with E-state index < -0.39 is 22.2 Å². The number of nitro benzene ring substituents is 1. The Morgan fingerprint density at radius 1 is 1.47 bits per heavy atom. The Kier molecular flexibility index (Phi) is 3.11. The summed E-state index contributed by atoms with van der Waals surface area (Å²) in [6.45, 7) is 3.38. The summed E-state index contributed by atoms with van der Waals surface area (Å²) >= 11 is 0. The Balaban J connectivity index is 3.41. The number of hydrogen-bond donors (Lipinski definition) is 1. The molecule has 0 heterocycles. The first-order chi connectivity index (χ1) is 6.97. The lowest BCUT2D eigenvalue weighted by molar-refractivity contribution is -0.385. The van der Waals surface area contributed by atoms with Gasteiger partial charge in [0.05, 0.1) is 16.6 Å². The van der Waals surface area contributed by atoms with Crippen molar-refractivity contribution in [3.63, 3.8) is 0 Å². The van der Waals surface area contributed by atoms with Crippen molar-refractivity contribution in [2.45, 2.75) is 0 Å². The summed E-state index contributed by atoms with van der Waals surface area (Å²) in [6.07, 6.45) is 0. The molecule has 80 valence electrons. The van der Waals surface area contributed by atoms with E-state index in [1.165, 1.54) is 0 Å². The highest BCUT2D eigenvalue weighted by Crippen LogP contribution is 2.26. The van der Waals surface area contributed by atoms with Crippen LogP contribution in [0.25, 0.3) is 5.57 Å². The Morgan fingerprint density at radius 2 is 2.00 bits per heavy atom. The van der Waals surface area contributed by atoms with Crippen LogP contribution in [0.2, 0.25) is 0 Å². The van der Waals surface area contributed by atoms with Crippen molar-refractivity contribution in [2.24, 2.45) is 5.73 Å². The van der Waals surface area contributed by atoms with E-state index in [9.17, 15) is 18.9 Å². The van der Waals surface area contributed by atoms with Crippen molar-refractivity contribution in [2.75, 3.05) is 6.54 Å². The fourth-order valence-corrected chi connectivity index (χ4v) is 1.08. The third-order valence-corrected chi connectivity index (χ3v) is 1.86. The number of hydrogen-bond acceptors (Lipinski definition) is 3. The van der Waals surface area contributed by atoms with Gasteiger partial charge in [-0.05, 0) is 11.6 Å². The van der Waals surface area contributed by atoms with E-state index in [1.807, 2.05) is 0 Å².